The van der Waals surface area contributed by atoms with Crippen molar-refractivity contribution in [1.82, 2.24) is 29.9 Å². The van der Waals surface area contributed by atoms with Crippen LogP contribution in [0, 0.1) is 11.6 Å². The van der Waals surface area contributed by atoms with Crippen LogP contribution in [0.4, 0.5) is 45.5 Å². The van der Waals surface area contributed by atoms with E-state index in [4.69, 9.17) is 21.4 Å². The number of alkyl halides is 3. The lowest BCUT2D eigenvalue weighted by molar-refractivity contribution is -0.156. The number of carbonyl (C=O) groups excluding carboxylic acids is 1. The number of hydrogen-bond donors (Lipinski definition) is 6. The van der Waals surface area contributed by atoms with Crippen molar-refractivity contribution < 1.29 is 47.8 Å². The number of nitrogen functional groups attached to an aromatic ring is 1. The van der Waals surface area contributed by atoms with Crippen LogP contribution in [0.1, 0.15) is 87.0 Å². The van der Waals surface area contributed by atoms with Gasteiger partial charge in [-0.15, -0.1) is 0 Å². The largest absolute Gasteiger partial charge is 0.497 e. The number of methoxy groups -OCH3 is 2. The highest BCUT2D eigenvalue weighted by Crippen LogP contribution is 2.29. The van der Waals surface area contributed by atoms with Gasteiger partial charge in [-0.05, 0) is 38.8 Å². The number of nitrogens with two attached hydrogens (primary N) is 1. The molecule has 5 rings (SSSR count). The van der Waals surface area contributed by atoms with Crippen molar-refractivity contribution in [2.24, 2.45) is 0 Å². The summed E-state index contributed by atoms with van der Waals surface area (Å²) in [5.41, 5.74) is 6.98. The quantitative estimate of drug-likeness (QED) is 0.0386. The molecule has 4 heterocycles. The number of aromatic nitrogens is 6. The molecular weight excluding hydrogens is 808 g/mol. The van der Waals surface area contributed by atoms with Gasteiger partial charge in [-0.3, -0.25) is 4.79 Å². The molecule has 336 valence electrons. The first-order valence-corrected chi connectivity index (χ1v) is 19.3. The van der Waals surface area contributed by atoms with Crippen molar-refractivity contribution in [3.63, 3.8) is 0 Å². The number of carbonyl (C=O) groups is 1. The van der Waals surface area contributed by atoms with Gasteiger partial charge in [0.15, 0.2) is 11.6 Å². The maximum Gasteiger partial charge on any atom is 0.446 e. The van der Waals surface area contributed by atoms with Crippen molar-refractivity contribution in [2.75, 3.05) is 49.1 Å². The third-order valence-corrected chi connectivity index (χ3v) is 8.79. The SMILES string of the molecule is CCCC[C@](C)(CO)Nc1nc(N)nc2cc(F)cnc12.CCCC[C@](C)(CO)Nc1nc(NCc2ccc(OC)cc2OC)nc2cc(F)cnc12.O=CC(F)(F)F.[2H]CC. The van der Waals surface area contributed by atoms with E-state index in [1.807, 2.05) is 26.0 Å². The van der Waals surface area contributed by atoms with Crippen molar-refractivity contribution >= 4 is 51.9 Å². The van der Waals surface area contributed by atoms with Gasteiger partial charge in [-0.1, -0.05) is 53.4 Å². The second-order valence-electron chi connectivity index (χ2n) is 14.0. The van der Waals surface area contributed by atoms with E-state index in [1.165, 1.54) is 12.1 Å². The first-order chi connectivity index (χ1) is 29.4. The lowest BCUT2D eigenvalue weighted by Gasteiger charge is -2.29. The molecule has 0 radical (unpaired) electrons. The Morgan fingerprint density at radius 3 is 1.75 bits per heavy atom. The van der Waals surface area contributed by atoms with Crippen LogP contribution >= 0.6 is 0 Å². The zero-order valence-corrected chi connectivity index (χ0v) is 35.5. The fraction of sp³-hybridized carbons (Fsp3) is 0.488. The minimum atomic E-state index is -4.64. The molecule has 2 atom stereocenters. The molecule has 1 aromatic carbocycles. The van der Waals surface area contributed by atoms with Gasteiger partial charge < -0.3 is 41.4 Å². The summed E-state index contributed by atoms with van der Waals surface area (Å²) in [6.45, 7) is 10.5. The number of fused-ring (bicyclic) bond motifs is 2. The van der Waals surface area contributed by atoms with Crippen LogP contribution in [-0.4, -0.2) is 91.1 Å². The van der Waals surface area contributed by atoms with Crippen molar-refractivity contribution in [1.29, 1.82) is 0 Å². The smallest absolute Gasteiger partial charge is 0.446 e. The minimum absolute atomic E-state index is 0.0354. The first-order valence-electron chi connectivity index (χ1n) is 20.0. The Labute approximate surface area is 353 Å². The second kappa shape index (κ2) is 24.5. The zero-order chi connectivity index (χ0) is 46.5. The molecule has 15 nitrogen and oxygen atoms in total. The van der Waals surface area contributed by atoms with E-state index in [2.05, 4.69) is 59.7 Å². The summed E-state index contributed by atoms with van der Waals surface area (Å²) in [6.07, 6.45) is 1.99. The van der Waals surface area contributed by atoms with E-state index in [1.54, 1.807) is 27.2 Å². The maximum atomic E-state index is 13.9. The Balaban J connectivity index is 0.000000377. The Hall–Kier alpha value is -5.76. The van der Waals surface area contributed by atoms with E-state index in [-0.39, 0.29) is 19.2 Å². The van der Waals surface area contributed by atoms with Gasteiger partial charge in [-0.2, -0.15) is 23.1 Å². The average molecular weight is 866 g/mol. The number of anilines is 4. The molecule has 0 unspecified atom stereocenters. The molecule has 7 N–H and O–H groups in total. The molecule has 0 saturated carbocycles. The van der Waals surface area contributed by atoms with Crippen LogP contribution in [0.2, 0.25) is 0 Å². The van der Waals surface area contributed by atoms with E-state index in [9.17, 15) is 32.2 Å². The number of pyridine rings is 2. The molecule has 4 aromatic heterocycles. The number of nitrogens with zero attached hydrogens (tertiary/aromatic N) is 6. The molecule has 0 amide bonds. The fourth-order valence-electron chi connectivity index (χ4n) is 5.50. The molecule has 0 aliphatic rings. The molecule has 0 aliphatic heterocycles. The van der Waals surface area contributed by atoms with Gasteiger partial charge in [0.2, 0.25) is 18.2 Å². The maximum absolute atomic E-state index is 13.9. The predicted molar refractivity (Wildman–Crippen MR) is 227 cm³/mol. The average Bonchev–Trinajstić information content (AvgIpc) is 3.24. The number of rotatable bonds is 17. The van der Waals surface area contributed by atoms with Crippen LogP contribution < -0.4 is 31.2 Å². The third-order valence-electron chi connectivity index (χ3n) is 8.79. The second-order valence-corrected chi connectivity index (χ2v) is 14.0. The molecule has 0 fully saturated rings. The number of ether oxygens (including phenoxy) is 2. The number of aliphatic hydroxyl groups is 2. The summed E-state index contributed by atoms with van der Waals surface area (Å²) in [5, 5.41) is 29.3. The highest BCUT2D eigenvalue weighted by molar-refractivity contribution is 5.87. The zero-order valence-electron chi connectivity index (χ0n) is 36.5. The molecule has 20 heteroatoms. The fourth-order valence-corrected chi connectivity index (χ4v) is 5.50. The Bertz CT molecular complexity index is 2150. The summed E-state index contributed by atoms with van der Waals surface area (Å²) >= 11 is 0. The molecule has 0 saturated heterocycles. The minimum Gasteiger partial charge on any atom is -0.497 e. The third kappa shape index (κ3) is 16.3. The molecular formula is C41H57F5N10O5. The highest BCUT2D eigenvalue weighted by atomic mass is 19.4. The van der Waals surface area contributed by atoms with E-state index in [0.717, 1.165) is 56.5 Å². The molecule has 5 aromatic rings. The van der Waals surface area contributed by atoms with Crippen molar-refractivity contribution in [3.8, 4) is 11.5 Å². The first kappa shape index (κ1) is 49.6. The Kier molecular flexibility index (Phi) is 19.9. The molecule has 0 bridgehead atoms. The van der Waals surface area contributed by atoms with Gasteiger partial charge in [0, 0.05) is 31.7 Å². The monoisotopic (exact) mass is 865 g/mol. The van der Waals surface area contributed by atoms with E-state index >= 15 is 0 Å². The van der Waals surface area contributed by atoms with Gasteiger partial charge in [-0.25, -0.2) is 28.7 Å². The number of hydrogen-bond acceptors (Lipinski definition) is 15. The number of benzene rings is 1. The number of unbranched alkanes of at least 4 members (excludes halogenated alkanes) is 2. The summed E-state index contributed by atoms with van der Waals surface area (Å²) in [4.78, 5) is 34.0. The Morgan fingerprint density at radius 1 is 0.820 bits per heavy atom. The van der Waals surface area contributed by atoms with Crippen LogP contribution in [-0.2, 0) is 11.3 Å². The number of nitrogens with one attached hydrogen (secondary N) is 3. The highest BCUT2D eigenvalue weighted by Gasteiger charge is 2.27. The molecule has 0 spiro atoms. The lowest BCUT2D eigenvalue weighted by atomic mass is 9.96. The molecule has 0 aliphatic carbocycles. The number of halogens is 5. The van der Waals surface area contributed by atoms with E-state index in [0.29, 0.717) is 64.6 Å². The van der Waals surface area contributed by atoms with Gasteiger partial charge in [0.05, 0.1) is 61.9 Å². The van der Waals surface area contributed by atoms with Crippen LogP contribution in [0.25, 0.3) is 22.1 Å². The normalized spacial score (nSPS) is 13.0. The summed E-state index contributed by atoms with van der Waals surface area (Å²) < 4.78 is 75.2. The standard InChI is InChI=1S/C23H30FN5O3.C14H20FN5O.C2HF3O.C2H6/c1-5-6-9-23(2,14-30)29-21-20-18(10-16(24)13-25-20)27-22(28-21)26-12-15-7-8-17(31-3)11-19(15)32-4;1-3-4-5-14(2,8-21)20-12-11-10(18-13(16)19-12)6-9(15)7-17-11;3-2(4,5)1-6;1-2/h7-8,10-11,13,30H,5-6,9,12,14H2,1-4H3,(H2,26,27,28,29);6-7,21H,3-5,8H2,1-2H3,(H3,16,18,19,20);1H;1-2H3/t23-;14-;;/m11../s1/i;;;1D. The van der Waals surface area contributed by atoms with Crippen LogP contribution in [0.5, 0.6) is 11.5 Å². The topological polar surface area (TPSA) is 215 Å². The Morgan fingerprint density at radius 2 is 1.31 bits per heavy atom. The number of aldehydes is 1. The molecule has 61 heavy (non-hydrogen) atoms. The van der Waals surface area contributed by atoms with Gasteiger partial charge >= 0.3 is 6.18 Å². The van der Waals surface area contributed by atoms with Gasteiger partial charge in [0.25, 0.3) is 0 Å². The van der Waals surface area contributed by atoms with Crippen molar-refractivity contribution in [2.45, 2.75) is 104 Å². The van der Waals surface area contributed by atoms with Crippen molar-refractivity contribution in [3.05, 3.63) is 59.9 Å². The lowest BCUT2D eigenvalue weighted by Crippen LogP contribution is -2.39. The summed E-state index contributed by atoms with van der Waals surface area (Å²) in [5.74, 6) is 1.57. The van der Waals surface area contributed by atoms with E-state index < -0.39 is 35.2 Å². The van der Waals surface area contributed by atoms with Crippen LogP contribution in [0.15, 0.2) is 42.7 Å². The van der Waals surface area contributed by atoms with Gasteiger partial charge in [0.1, 0.15) is 34.2 Å². The summed E-state index contributed by atoms with van der Waals surface area (Å²) in [6, 6.07) is 8.10. The number of aliphatic hydroxyl groups excluding tert-OH is 2. The predicted octanol–water partition coefficient (Wildman–Crippen LogP) is 8.02. The van der Waals surface area contributed by atoms with Crippen LogP contribution in [0.3, 0.4) is 0 Å². The summed E-state index contributed by atoms with van der Waals surface area (Å²) in [7, 11) is 3.19.